The number of ether oxygens (including phenoxy) is 3. The molecule has 2 amide bonds. The van der Waals surface area contributed by atoms with Crippen LogP contribution in [-0.4, -0.2) is 92.8 Å². The summed E-state index contributed by atoms with van der Waals surface area (Å²) in [5.74, 6) is -1.49. The van der Waals surface area contributed by atoms with E-state index in [9.17, 15) is 40.0 Å². The van der Waals surface area contributed by atoms with Gasteiger partial charge in [0.05, 0.1) is 31.6 Å². The number of aromatic nitrogens is 2. The van der Waals surface area contributed by atoms with Crippen molar-refractivity contribution >= 4 is 39.6 Å². The quantitative estimate of drug-likeness (QED) is 0.225. The van der Waals surface area contributed by atoms with E-state index >= 15 is 0 Å². The molecule has 2 heterocycles. The van der Waals surface area contributed by atoms with Gasteiger partial charge in [-0.05, 0) is 38.5 Å². The summed E-state index contributed by atoms with van der Waals surface area (Å²) >= 11 is 0. The second-order valence-electron chi connectivity index (χ2n) is 10.8. The lowest BCUT2D eigenvalue weighted by atomic mass is 10.1. The zero-order valence-electron chi connectivity index (χ0n) is 24.6. The molecule has 46 heavy (non-hydrogen) atoms. The molecule has 1 saturated carbocycles. The molecule has 1 aliphatic heterocycles. The van der Waals surface area contributed by atoms with Gasteiger partial charge in [0.2, 0.25) is 11.5 Å². The molecule has 4 rings (SSSR count). The molecule has 20 heteroatoms. The van der Waals surface area contributed by atoms with Gasteiger partial charge in [-0.15, -0.1) is 5.10 Å². The number of halogens is 5. The number of nitrogens with one attached hydrogen (secondary N) is 2. The normalized spacial score (nSPS) is 19.9. The molecule has 0 radical (unpaired) electrons. The van der Waals surface area contributed by atoms with Crippen LogP contribution in [0.25, 0.3) is 0 Å². The van der Waals surface area contributed by atoms with Crippen molar-refractivity contribution in [2.24, 2.45) is 16.8 Å². The first-order chi connectivity index (χ1) is 21.5. The van der Waals surface area contributed by atoms with E-state index in [1.807, 2.05) is 0 Å². The van der Waals surface area contributed by atoms with Crippen molar-refractivity contribution in [1.82, 2.24) is 15.1 Å². The number of rotatable bonds is 12. The minimum absolute atomic E-state index is 0.0297. The number of aliphatic hydroxyl groups excluding tert-OH is 1. The Morgan fingerprint density at radius 2 is 2.00 bits per heavy atom. The zero-order valence-corrected chi connectivity index (χ0v) is 25.4. The predicted molar refractivity (Wildman–Crippen MR) is 151 cm³/mol. The molecule has 3 atom stereocenters. The van der Waals surface area contributed by atoms with Crippen LogP contribution in [0.1, 0.15) is 26.8 Å². The molecule has 1 aromatic carbocycles. The van der Waals surface area contributed by atoms with E-state index in [-0.39, 0.29) is 46.1 Å². The van der Waals surface area contributed by atoms with Gasteiger partial charge >= 0.3 is 18.8 Å². The maximum atomic E-state index is 14.0. The Kier molecular flexibility index (Phi) is 10.00. The molecule has 254 valence electrons. The lowest BCUT2D eigenvalue weighted by Gasteiger charge is -2.35. The molecule has 0 saturated heterocycles. The molecule has 0 unspecified atom stereocenters. The van der Waals surface area contributed by atoms with Gasteiger partial charge in [-0.3, -0.25) is 14.4 Å². The minimum Gasteiger partial charge on any atom is -0.484 e. The zero-order chi connectivity index (χ0) is 34.0. The fourth-order valence-electron chi connectivity index (χ4n) is 4.37. The summed E-state index contributed by atoms with van der Waals surface area (Å²) in [5, 5.41) is 17.4. The average molecular weight is 683 g/mol. The third-order valence-corrected chi connectivity index (χ3v) is 8.72. The van der Waals surface area contributed by atoms with E-state index in [1.54, 1.807) is 13.3 Å². The van der Waals surface area contributed by atoms with Gasteiger partial charge in [0, 0.05) is 30.8 Å². The van der Waals surface area contributed by atoms with Crippen molar-refractivity contribution in [3.8, 4) is 11.6 Å². The van der Waals surface area contributed by atoms with Crippen molar-refractivity contribution in [2.75, 3.05) is 43.0 Å². The summed E-state index contributed by atoms with van der Waals surface area (Å²) in [6.07, 6.45) is -4.65. The van der Waals surface area contributed by atoms with Crippen LogP contribution in [0, 0.1) is 11.8 Å². The Morgan fingerprint density at radius 1 is 1.28 bits per heavy atom. The number of sulfonamides is 1. The van der Waals surface area contributed by atoms with Gasteiger partial charge < -0.3 is 29.6 Å². The Hall–Kier alpha value is -4.20. The Morgan fingerprint density at radius 3 is 2.63 bits per heavy atom. The standard InChI is InChI=1S/C26H31F5N6O8S/c1-25(2,26(29,30)31)45-24(40)34-15-4-5-19-18(9-15)37(12-16(44-19)11-33-21(39)17-8-14(17)10-32-3)46(41,42)20-13-36(23(27)28)35-22(20)43-7-6-38/h4-5,9-10,13-14,16-17,23,38H,6-8,11-12H2,1-3H3,(H,33,39)(H,34,40)/t14-,16+,17-/m1/s1. The number of fused-ring (bicyclic) bond motifs is 1. The summed E-state index contributed by atoms with van der Waals surface area (Å²) in [6, 6.07) is 3.49. The van der Waals surface area contributed by atoms with Crippen molar-refractivity contribution < 1.29 is 59.3 Å². The maximum absolute atomic E-state index is 14.0. The summed E-state index contributed by atoms with van der Waals surface area (Å²) in [5.41, 5.74) is -3.30. The van der Waals surface area contributed by atoms with Crippen LogP contribution in [-0.2, 0) is 19.6 Å². The van der Waals surface area contributed by atoms with Gasteiger partial charge in [-0.2, -0.15) is 22.0 Å². The van der Waals surface area contributed by atoms with Crippen LogP contribution in [0.5, 0.6) is 11.6 Å². The first kappa shape index (κ1) is 34.7. The van der Waals surface area contributed by atoms with Gasteiger partial charge in [-0.1, -0.05) is 0 Å². The monoisotopic (exact) mass is 682 g/mol. The second-order valence-corrected chi connectivity index (χ2v) is 12.6. The van der Waals surface area contributed by atoms with Crippen LogP contribution in [0.2, 0.25) is 0 Å². The van der Waals surface area contributed by atoms with Crippen molar-refractivity contribution in [3.63, 3.8) is 0 Å². The van der Waals surface area contributed by atoms with Gasteiger partial charge in [0.25, 0.3) is 15.9 Å². The molecule has 2 aliphatic rings. The third kappa shape index (κ3) is 7.60. The topological polar surface area (TPSA) is 174 Å². The Labute approximate surface area is 259 Å². The first-order valence-corrected chi connectivity index (χ1v) is 15.1. The van der Waals surface area contributed by atoms with Crippen LogP contribution in [0.15, 0.2) is 34.3 Å². The fraction of sp³-hybridized carbons (Fsp3) is 0.538. The summed E-state index contributed by atoms with van der Waals surface area (Å²) in [4.78, 5) is 28.0. The van der Waals surface area contributed by atoms with Gasteiger partial charge in [0.1, 0.15) is 18.5 Å². The highest BCUT2D eigenvalue weighted by Gasteiger charge is 2.51. The number of nitrogens with zero attached hydrogens (tertiary/aromatic N) is 4. The van der Waals surface area contributed by atoms with Gasteiger partial charge in [-0.25, -0.2) is 17.9 Å². The number of aliphatic imine (C=N–C) groups is 1. The molecule has 0 spiro atoms. The minimum atomic E-state index is -4.90. The lowest BCUT2D eigenvalue weighted by Crippen LogP contribution is -2.48. The molecule has 3 N–H and O–H groups in total. The van der Waals surface area contributed by atoms with E-state index < -0.39 is 71.1 Å². The molecular formula is C26H31F5N6O8S. The maximum Gasteiger partial charge on any atom is 0.427 e. The summed E-state index contributed by atoms with van der Waals surface area (Å²) in [6.45, 7) is -3.71. The largest absolute Gasteiger partial charge is 0.484 e. The van der Waals surface area contributed by atoms with E-state index in [2.05, 4.69) is 25.5 Å². The number of hydrogen-bond acceptors (Lipinski definition) is 10. The molecule has 1 aliphatic carbocycles. The molecule has 1 aromatic heterocycles. The predicted octanol–water partition coefficient (Wildman–Crippen LogP) is 2.95. The fourth-order valence-corrected chi connectivity index (χ4v) is 5.93. The Balaban J connectivity index is 1.66. The van der Waals surface area contributed by atoms with E-state index in [4.69, 9.17) is 14.6 Å². The number of amides is 2. The number of hydrogen-bond donors (Lipinski definition) is 3. The number of aliphatic hydroxyl groups is 1. The van der Waals surface area contributed by atoms with Crippen LogP contribution >= 0.6 is 0 Å². The number of anilines is 2. The summed E-state index contributed by atoms with van der Waals surface area (Å²) < 4.78 is 111. The van der Waals surface area contributed by atoms with E-state index in [1.165, 1.54) is 12.1 Å². The van der Waals surface area contributed by atoms with Crippen LogP contribution in [0.3, 0.4) is 0 Å². The lowest BCUT2D eigenvalue weighted by molar-refractivity contribution is -0.242. The smallest absolute Gasteiger partial charge is 0.427 e. The number of alkyl halides is 5. The highest BCUT2D eigenvalue weighted by Crippen LogP contribution is 2.41. The summed E-state index contributed by atoms with van der Waals surface area (Å²) in [7, 11) is -3.25. The Bertz CT molecular complexity index is 1580. The molecule has 0 bridgehead atoms. The number of carbonyl (C=O) groups excluding carboxylic acids is 2. The first-order valence-electron chi connectivity index (χ1n) is 13.7. The van der Waals surface area contributed by atoms with Crippen LogP contribution in [0.4, 0.5) is 38.1 Å². The highest BCUT2D eigenvalue weighted by molar-refractivity contribution is 7.93. The van der Waals surface area contributed by atoms with Crippen LogP contribution < -0.4 is 24.4 Å². The van der Waals surface area contributed by atoms with Crippen molar-refractivity contribution in [2.45, 2.75) is 49.6 Å². The van der Waals surface area contributed by atoms with Crippen molar-refractivity contribution in [1.29, 1.82) is 0 Å². The van der Waals surface area contributed by atoms with Crippen molar-refractivity contribution in [3.05, 3.63) is 24.4 Å². The molecule has 14 nitrogen and oxygen atoms in total. The van der Waals surface area contributed by atoms with E-state index in [0.717, 1.165) is 10.4 Å². The number of benzene rings is 1. The SMILES string of the molecule is CN=C[C@H]1C[C@H]1C(=O)NC[C@H]1CN(S(=O)(=O)c2cn(C(F)F)nc2OCCO)c2cc(NC(=O)OC(C)(C)C(F)(F)F)ccc2O1. The number of carbonyl (C=O) groups is 2. The third-order valence-electron chi connectivity index (χ3n) is 6.95. The highest BCUT2D eigenvalue weighted by atomic mass is 32.2. The van der Waals surface area contributed by atoms with E-state index in [0.29, 0.717) is 26.5 Å². The molecular weight excluding hydrogens is 651 g/mol. The average Bonchev–Trinajstić information content (AvgIpc) is 3.59. The second kappa shape index (κ2) is 13.3. The molecule has 2 aromatic rings. The van der Waals surface area contributed by atoms with Gasteiger partial charge in [0.15, 0.2) is 4.90 Å². The molecule has 1 fully saturated rings.